The van der Waals surface area contributed by atoms with Crippen LogP contribution in [0.3, 0.4) is 0 Å². The van der Waals surface area contributed by atoms with E-state index in [1.54, 1.807) is 6.08 Å². The van der Waals surface area contributed by atoms with Crippen molar-refractivity contribution in [1.82, 2.24) is 0 Å². The molecule has 12 heavy (non-hydrogen) atoms. The summed E-state index contributed by atoms with van der Waals surface area (Å²) in [5, 5.41) is 0. The Morgan fingerprint density at radius 1 is 1.58 bits per heavy atom. The number of carbonyl (C=O) groups is 1. The molecule has 0 saturated carbocycles. The van der Waals surface area contributed by atoms with Gasteiger partial charge in [0.2, 0.25) is 0 Å². The van der Waals surface area contributed by atoms with Crippen LogP contribution >= 0.6 is 0 Å². The van der Waals surface area contributed by atoms with Gasteiger partial charge in [-0.3, -0.25) is 4.79 Å². The van der Waals surface area contributed by atoms with E-state index in [9.17, 15) is 4.79 Å². The smallest absolute Gasteiger partial charge is 0.308 e. The third kappa shape index (κ3) is 4.16. The molecule has 0 radical (unpaired) electrons. The lowest BCUT2D eigenvalue weighted by Gasteiger charge is -2.14. The van der Waals surface area contributed by atoms with Crippen molar-refractivity contribution in [1.29, 1.82) is 0 Å². The van der Waals surface area contributed by atoms with Crippen molar-refractivity contribution >= 4 is 5.97 Å². The fraction of sp³-hybridized carbons (Fsp3) is 0.700. The van der Waals surface area contributed by atoms with Gasteiger partial charge in [0.25, 0.3) is 0 Å². The van der Waals surface area contributed by atoms with Gasteiger partial charge in [0, 0.05) is 0 Å². The summed E-state index contributed by atoms with van der Waals surface area (Å²) in [6.45, 7) is 7.81. The molecule has 70 valence electrons. The molecule has 0 saturated heterocycles. The molecule has 0 aliphatic rings. The first-order valence-electron chi connectivity index (χ1n) is 4.30. The number of allylic oxidation sites excluding steroid dienone is 1. The lowest BCUT2D eigenvalue weighted by molar-refractivity contribution is -0.145. The molecule has 1 unspecified atom stereocenters. The largest absolute Gasteiger partial charge is 0.469 e. The Morgan fingerprint density at radius 2 is 2.17 bits per heavy atom. The normalized spacial score (nSPS) is 12.7. The Hall–Kier alpha value is -0.790. The molecule has 0 aliphatic carbocycles. The monoisotopic (exact) mass is 170 g/mol. The molecule has 0 rings (SSSR count). The molecule has 0 fully saturated rings. The molecule has 0 aromatic carbocycles. The highest BCUT2D eigenvalue weighted by Crippen LogP contribution is 2.16. The zero-order valence-electron chi connectivity index (χ0n) is 8.17. The lowest BCUT2D eigenvalue weighted by Crippen LogP contribution is -2.17. The Balaban J connectivity index is 4.02. The van der Waals surface area contributed by atoms with Gasteiger partial charge < -0.3 is 4.74 Å². The zero-order valence-corrected chi connectivity index (χ0v) is 8.17. The molecule has 0 amide bonds. The van der Waals surface area contributed by atoms with Crippen LogP contribution in [0.2, 0.25) is 0 Å². The van der Waals surface area contributed by atoms with Gasteiger partial charge in [-0.2, -0.15) is 0 Å². The highest BCUT2D eigenvalue weighted by atomic mass is 16.5. The summed E-state index contributed by atoms with van der Waals surface area (Å²) < 4.78 is 4.68. The van der Waals surface area contributed by atoms with Crippen LogP contribution in [0.25, 0.3) is 0 Å². The van der Waals surface area contributed by atoms with Crippen molar-refractivity contribution in [3.63, 3.8) is 0 Å². The summed E-state index contributed by atoms with van der Waals surface area (Å²) in [7, 11) is 1.43. The second-order valence-electron chi connectivity index (χ2n) is 3.37. The first kappa shape index (κ1) is 11.2. The van der Waals surface area contributed by atoms with Crippen LogP contribution in [-0.2, 0) is 9.53 Å². The van der Waals surface area contributed by atoms with E-state index in [1.807, 2.05) is 0 Å². The minimum absolute atomic E-state index is 0.00694. The third-order valence-corrected chi connectivity index (χ3v) is 1.74. The van der Waals surface area contributed by atoms with Crippen LogP contribution in [0, 0.1) is 11.8 Å². The molecule has 0 N–H and O–H groups in total. The van der Waals surface area contributed by atoms with Crippen molar-refractivity contribution < 1.29 is 9.53 Å². The van der Waals surface area contributed by atoms with E-state index < -0.39 is 0 Å². The third-order valence-electron chi connectivity index (χ3n) is 1.74. The van der Waals surface area contributed by atoms with Crippen LogP contribution in [0.4, 0.5) is 0 Å². The minimum atomic E-state index is -0.122. The van der Waals surface area contributed by atoms with E-state index >= 15 is 0 Å². The summed E-state index contributed by atoms with van der Waals surface area (Å²) in [5.41, 5.74) is 0. The summed E-state index contributed by atoms with van der Waals surface area (Å²) in [5.74, 6) is 0.394. The van der Waals surface area contributed by atoms with Crippen LogP contribution in [-0.4, -0.2) is 13.1 Å². The number of hydrogen-bond acceptors (Lipinski definition) is 2. The fourth-order valence-electron chi connectivity index (χ4n) is 1.23. The Labute approximate surface area is 74.6 Å². The number of rotatable bonds is 5. The van der Waals surface area contributed by atoms with Crippen LogP contribution in [0.1, 0.15) is 26.7 Å². The summed E-state index contributed by atoms with van der Waals surface area (Å²) in [4.78, 5) is 11.2. The van der Waals surface area contributed by atoms with Gasteiger partial charge in [-0.05, 0) is 18.8 Å². The predicted molar refractivity (Wildman–Crippen MR) is 49.8 cm³/mol. The maximum Gasteiger partial charge on any atom is 0.308 e. The molecular weight excluding hydrogens is 152 g/mol. The molecule has 1 atom stereocenters. The fourth-order valence-corrected chi connectivity index (χ4v) is 1.23. The molecule has 0 aromatic heterocycles. The van der Waals surface area contributed by atoms with Crippen LogP contribution in [0.15, 0.2) is 12.7 Å². The number of methoxy groups -OCH3 is 1. The van der Waals surface area contributed by atoms with Gasteiger partial charge in [-0.1, -0.05) is 19.9 Å². The molecule has 2 heteroatoms. The van der Waals surface area contributed by atoms with E-state index in [4.69, 9.17) is 0 Å². The highest BCUT2D eigenvalue weighted by Gasteiger charge is 2.18. The van der Waals surface area contributed by atoms with Crippen LogP contribution in [0.5, 0.6) is 0 Å². The van der Waals surface area contributed by atoms with Gasteiger partial charge in [-0.25, -0.2) is 0 Å². The van der Waals surface area contributed by atoms with Gasteiger partial charge in [-0.15, -0.1) is 6.58 Å². The number of carbonyl (C=O) groups excluding carboxylic acids is 1. The molecule has 0 spiro atoms. The van der Waals surface area contributed by atoms with Gasteiger partial charge in [0.05, 0.1) is 13.0 Å². The number of hydrogen-bond donors (Lipinski definition) is 0. The standard InChI is InChI=1S/C10H18O2/c1-5-6-9(7-8(2)3)10(11)12-4/h5,8-9H,1,6-7H2,2-4H3. The first-order valence-corrected chi connectivity index (χ1v) is 4.30. The lowest BCUT2D eigenvalue weighted by atomic mass is 9.94. The molecule has 0 aromatic rings. The van der Waals surface area contributed by atoms with E-state index in [-0.39, 0.29) is 11.9 Å². The van der Waals surface area contributed by atoms with Crippen molar-refractivity contribution in [2.45, 2.75) is 26.7 Å². The van der Waals surface area contributed by atoms with Crippen molar-refractivity contribution in [2.75, 3.05) is 7.11 Å². The summed E-state index contributed by atoms with van der Waals surface area (Å²) >= 11 is 0. The van der Waals surface area contributed by atoms with Crippen LogP contribution < -0.4 is 0 Å². The zero-order chi connectivity index (χ0) is 9.56. The summed E-state index contributed by atoms with van der Waals surface area (Å²) in [6, 6.07) is 0. The van der Waals surface area contributed by atoms with Crippen molar-refractivity contribution in [2.24, 2.45) is 11.8 Å². The van der Waals surface area contributed by atoms with Gasteiger partial charge in [0.15, 0.2) is 0 Å². The van der Waals surface area contributed by atoms with E-state index in [0.717, 1.165) is 6.42 Å². The Kier molecular flexibility index (Phi) is 5.43. The van der Waals surface area contributed by atoms with Gasteiger partial charge in [0.1, 0.15) is 0 Å². The molecule has 0 heterocycles. The second-order valence-corrected chi connectivity index (χ2v) is 3.37. The summed E-state index contributed by atoms with van der Waals surface area (Å²) in [6.07, 6.45) is 3.35. The average molecular weight is 170 g/mol. The Morgan fingerprint density at radius 3 is 2.50 bits per heavy atom. The van der Waals surface area contributed by atoms with Gasteiger partial charge >= 0.3 is 5.97 Å². The van der Waals surface area contributed by atoms with E-state index in [1.165, 1.54) is 7.11 Å². The first-order chi connectivity index (χ1) is 5.61. The van der Waals surface area contributed by atoms with E-state index in [0.29, 0.717) is 12.3 Å². The molecule has 2 nitrogen and oxygen atoms in total. The van der Waals surface area contributed by atoms with Crippen molar-refractivity contribution in [3.05, 3.63) is 12.7 Å². The second kappa shape index (κ2) is 5.81. The highest BCUT2D eigenvalue weighted by molar-refractivity contribution is 5.72. The average Bonchev–Trinajstić information content (AvgIpc) is 2.01. The number of esters is 1. The Bertz CT molecular complexity index is 150. The topological polar surface area (TPSA) is 26.3 Å². The SMILES string of the molecule is C=CCC(CC(C)C)C(=O)OC. The van der Waals surface area contributed by atoms with Crippen molar-refractivity contribution in [3.8, 4) is 0 Å². The molecule has 0 aliphatic heterocycles. The molecular formula is C10H18O2. The predicted octanol–water partition coefficient (Wildman–Crippen LogP) is 2.40. The quantitative estimate of drug-likeness (QED) is 0.468. The minimum Gasteiger partial charge on any atom is -0.469 e. The van der Waals surface area contributed by atoms with E-state index in [2.05, 4.69) is 25.2 Å². The number of ether oxygens (including phenoxy) is 1. The maximum absolute atomic E-state index is 11.2. The maximum atomic E-state index is 11.2. The molecule has 0 bridgehead atoms.